The summed E-state index contributed by atoms with van der Waals surface area (Å²) < 4.78 is 11.6. The van der Waals surface area contributed by atoms with E-state index in [0.717, 1.165) is 30.0 Å². The number of fused-ring (bicyclic) bond motifs is 3. The van der Waals surface area contributed by atoms with Gasteiger partial charge in [0.1, 0.15) is 5.00 Å². The second-order valence-corrected chi connectivity index (χ2v) is 5.93. The first-order chi connectivity index (χ1) is 8.77. The van der Waals surface area contributed by atoms with E-state index in [9.17, 15) is 0 Å². The number of hydrogen-bond donors (Lipinski definition) is 1. The number of rotatable bonds is 0. The third kappa shape index (κ3) is 1.41. The molecule has 0 aromatic carbocycles. The summed E-state index contributed by atoms with van der Waals surface area (Å²) in [6.07, 6.45) is 4.48. The maximum atomic E-state index is 5.81. The summed E-state index contributed by atoms with van der Waals surface area (Å²) in [6.45, 7) is 5.50. The number of ether oxygens (including phenoxy) is 2. The molecule has 3 aliphatic rings. The van der Waals surface area contributed by atoms with E-state index in [-0.39, 0.29) is 5.79 Å². The summed E-state index contributed by atoms with van der Waals surface area (Å²) >= 11 is 1.74. The minimum atomic E-state index is -0.362. The van der Waals surface area contributed by atoms with Gasteiger partial charge in [-0.3, -0.25) is 0 Å². The predicted octanol–water partition coefficient (Wildman–Crippen LogP) is 2.21. The maximum Gasteiger partial charge on any atom is 0.173 e. The van der Waals surface area contributed by atoms with Crippen LogP contribution in [0.1, 0.15) is 22.4 Å². The Bertz CT molecular complexity index is 556. The third-order valence-corrected chi connectivity index (χ3v) is 4.93. The monoisotopic (exact) mass is 262 g/mol. The van der Waals surface area contributed by atoms with Crippen molar-refractivity contribution >= 4 is 28.4 Å². The van der Waals surface area contributed by atoms with Crippen LogP contribution in [0, 0.1) is 0 Å². The minimum absolute atomic E-state index is 0.362. The first kappa shape index (κ1) is 10.7. The molecule has 4 nitrogen and oxygen atoms in total. The summed E-state index contributed by atoms with van der Waals surface area (Å²) in [7, 11) is 0. The maximum absolute atomic E-state index is 5.81. The molecule has 18 heavy (non-hydrogen) atoms. The molecule has 0 atom stereocenters. The first-order valence-electron chi connectivity index (χ1n) is 6.18. The molecule has 0 bridgehead atoms. The molecule has 1 saturated heterocycles. The van der Waals surface area contributed by atoms with Gasteiger partial charge in [0.2, 0.25) is 0 Å². The fourth-order valence-electron chi connectivity index (χ4n) is 2.94. The molecule has 0 saturated carbocycles. The fraction of sp³-hybridized carbons (Fsp3) is 0.462. The normalized spacial score (nSPS) is 23.9. The number of nitrogens with zero attached hydrogens (tertiary/aromatic N) is 1. The van der Waals surface area contributed by atoms with Crippen molar-refractivity contribution in [2.45, 2.75) is 25.0 Å². The summed E-state index contributed by atoms with van der Waals surface area (Å²) in [6, 6.07) is 0. The molecule has 0 unspecified atom stereocenters. The molecule has 1 aliphatic carbocycles. The first-order valence-corrected chi connectivity index (χ1v) is 7.00. The molecule has 1 aromatic heterocycles. The van der Waals surface area contributed by atoms with Gasteiger partial charge < -0.3 is 14.8 Å². The number of nitrogens with one attached hydrogen (secondary N) is 1. The van der Waals surface area contributed by atoms with Crippen molar-refractivity contribution in [1.82, 2.24) is 5.32 Å². The average molecular weight is 262 g/mol. The quantitative estimate of drug-likeness (QED) is 0.779. The number of aliphatic imine (C=N–C) groups is 1. The molecule has 1 spiro atoms. The van der Waals surface area contributed by atoms with Gasteiger partial charge in [0.15, 0.2) is 5.79 Å². The van der Waals surface area contributed by atoms with Gasteiger partial charge in [-0.25, -0.2) is 4.99 Å². The zero-order valence-corrected chi connectivity index (χ0v) is 10.8. The third-order valence-electron chi connectivity index (χ3n) is 3.79. The zero-order chi connectivity index (χ0) is 12.2. The van der Waals surface area contributed by atoms with Crippen molar-refractivity contribution in [2.24, 2.45) is 4.99 Å². The lowest BCUT2D eigenvalue weighted by atomic mass is 9.90. The van der Waals surface area contributed by atoms with Crippen LogP contribution in [0.4, 0.5) is 5.00 Å². The summed E-state index contributed by atoms with van der Waals surface area (Å²) in [5, 5.41) is 4.16. The minimum Gasteiger partial charge on any atom is -0.347 e. The molecular formula is C13H14N2O2S. The van der Waals surface area contributed by atoms with Crippen molar-refractivity contribution in [1.29, 1.82) is 0 Å². The zero-order valence-electron chi connectivity index (χ0n) is 9.99. The van der Waals surface area contributed by atoms with Gasteiger partial charge in [0, 0.05) is 29.0 Å². The van der Waals surface area contributed by atoms with Gasteiger partial charge in [-0.2, -0.15) is 0 Å². The second kappa shape index (κ2) is 3.66. The molecule has 0 amide bonds. The van der Waals surface area contributed by atoms with Crippen molar-refractivity contribution in [2.75, 3.05) is 13.2 Å². The molecular weight excluding hydrogens is 248 g/mol. The lowest BCUT2D eigenvalue weighted by Crippen LogP contribution is -2.36. The van der Waals surface area contributed by atoms with Gasteiger partial charge in [-0.05, 0) is 12.0 Å². The highest BCUT2D eigenvalue weighted by molar-refractivity contribution is 7.16. The second-order valence-electron chi connectivity index (χ2n) is 4.85. The Morgan fingerprint density at radius 3 is 3.06 bits per heavy atom. The van der Waals surface area contributed by atoms with Crippen molar-refractivity contribution in [3.05, 3.63) is 22.6 Å². The van der Waals surface area contributed by atoms with Crippen LogP contribution in [0.5, 0.6) is 0 Å². The van der Waals surface area contributed by atoms with Crippen LogP contribution < -0.4 is 5.32 Å². The van der Waals surface area contributed by atoms with Crippen LogP contribution in [0.2, 0.25) is 0 Å². The smallest absolute Gasteiger partial charge is 0.173 e. The van der Waals surface area contributed by atoms with Crippen molar-refractivity contribution in [3.8, 4) is 0 Å². The van der Waals surface area contributed by atoms with E-state index in [2.05, 4.69) is 16.9 Å². The van der Waals surface area contributed by atoms with Crippen LogP contribution in [0.3, 0.4) is 0 Å². The molecule has 1 N–H and O–H groups in total. The molecule has 4 rings (SSSR count). The van der Waals surface area contributed by atoms with E-state index in [1.165, 1.54) is 16.0 Å². The predicted molar refractivity (Wildman–Crippen MR) is 71.3 cm³/mol. The van der Waals surface area contributed by atoms with Crippen LogP contribution in [-0.2, 0) is 22.3 Å². The Balaban J connectivity index is 1.78. The molecule has 94 valence electrons. The van der Waals surface area contributed by atoms with Gasteiger partial charge >= 0.3 is 0 Å². The SMILES string of the molecule is C=C1NC=Nc2sc3c(c21)CCC1(C3)OCCO1. The lowest BCUT2D eigenvalue weighted by molar-refractivity contribution is -0.163. The Kier molecular flexibility index (Phi) is 2.18. The Morgan fingerprint density at radius 1 is 1.39 bits per heavy atom. The van der Waals surface area contributed by atoms with E-state index >= 15 is 0 Å². The highest BCUT2D eigenvalue weighted by Crippen LogP contribution is 2.46. The van der Waals surface area contributed by atoms with Crippen molar-refractivity contribution in [3.63, 3.8) is 0 Å². The van der Waals surface area contributed by atoms with E-state index in [4.69, 9.17) is 9.47 Å². The summed E-state index contributed by atoms with van der Waals surface area (Å²) in [4.78, 5) is 5.75. The van der Waals surface area contributed by atoms with Crippen LogP contribution >= 0.6 is 11.3 Å². The van der Waals surface area contributed by atoms with Crippen molar-refractivity contribution < 1.29 is 9.47 Å². The fourth-order valence-corrected chi connectivity index (χ4v) is 4.25. The van der Waals surface area contributed by atoms with Gasteiger partial charge in [0.05, 0.1) is 19.6 Å². The lowest BCUT2D eigenvalue weighted by Gasteiger charge is -2.31. The Hall–Kier alpha value is -1.17. The van der Waals surface area contributed by atoms with Gasteiger partial charge in [-0.1, -0.05) is 6.58 Å². The highest BCUT2D eigenvalue weighted by Gasteiger charge is 2.42. The molecule has 3 heterocycles. The topological polar surface area (TPSA) is 42.9 Å². The van der Waals surface area contributed by atoms with E-state index < -0.39 is 0 Å². The Morgan fingerprint density at radius 2 is 2.22 bits per heavy atom. The van der Waals surface area contributed by atoms with Crippen LogP contribution in [0.25, 0.3) is 5.70 Å². The van der Waals surface area contributed by atoms with Crippen LogP contribution in [0.15, 0.2) is 11.6 Å². The van der Waals surface area contributed by atoms with E-state index in [1.807, 2.05) is 0 Å². The number of thiophene rings is 1. The van der Waals surface area contributed by atoms with E-state index in [1.54, 1.807) is 17.7 Å². The largest absolute Gasteiger partial charge is 0.347 e. The number of hydrogen-bond acceptors (Lipinski definition) is 5. The molecule has 2 aliphatic heterocycles. The summed E-state index contributed by atoms with van der Waals surface area (Å²) in [5.41, 5.74) is 3.54. The summed E-state index contributed by atoms with van der Waals surface area (Å²) in [5.74, 6) is -0.362. The molecule has 1 aromatic rings. The molecule has 5 heteroatoms. The van der Waals surface area contributed by atoms with Gasteiger partial charge in [0.25, 0.3) is 0 Å². The van der Waals surface area contributed by atoms with Gasteiger partial charge in [-0.15, -0.1) is 11.3 Å². The standard InChI is InChI=1S/C13H14N2O2S/c1-8-11-9-2-3-13(16-4-5-17-13)6-10(9)18-12(11)15-7-14-8/h7H,1-6H2,(H,14,15). The van der Waals surface area contributed by atoms with Crippen LogP contribution in [-0.4, -0.2) is 25.3 Å². The average Bonchev–Trinajstić information content (AvgIpc) is 2.94. The highest BCUT2D eigenvalue weighted by atomic mass is 32.1. The molecule has 0 radical (unpaired) electrons. The molecule has 1 fully saturated rings. The van der Waals surface area contributed by atoms with E-state index in [0.29, 0.717) is 13.2 Å². The Labute approximate surface area is 109 Å².